The summed E-state index contributed by atoms with van der Waals surface area (Å²) in [7, 11) is 0. The van der Waals surface area contributed by atoms with Crippen molar-refractivity contribution in [1.82, 2.24) is 0 Å². The van der Waals surface area contributed by atoms with E-state index in [2.05, 4.69) is 0 Å². The average Bonchev–Trinajstić information content (AvgIpc) is 2.75. The molecular weight excluding hydrogens is 212 g/mol. The molecule has 1 saturated heterocycles. The normalized spacial score (nSPS) is 30.1. The second kappa shape index (κ2) is 4.09. The van der Waals surface area contributed by atoms with Crippen LogP contribution in [-0.4, -0.2) is 33.9 Å². The van der Waals surface area contributed by atoms with Crippen LogP contribution in [0.4, 0.5) is 0 Å². The van der Waals surface area contributed by atoms with Crippen LogP contribution in [-0.2, 0) is 14.3 Å². The quantitative estimate of drug-likeness (QED) is 0.555. The van der Waals surface area contributed by atoms with Gasteiger partial charge < -0.3 is 14.9 Å². The fourth-order valence-corrected chi connectivity index (χ4v) is 1.42. The maximum absolute atomic E-state index is 10.7. The molecule has 1 heterocycles. The van der Waals surface area contributed by atoms with E-state index in [4.69, 9.17) is 14.9 Å². The van der Waals surface area contributed by atoms with Crippen molar-refractivity contribution >= 4 is 11.9 Å². The van der Waals surface area contributed by atoms with Gasteiger partial charge in [-0.05, 0) is 32.9 Å². The average molecular weight is 226 g/mol. The van der Waals surface area contributed by atoms with Crippen molar-refractivity contribution < 1.29 is 24.5 Å². The fraction of sp³-hybridized carbons (Fsp3) is 0.455. The number of aliphatic carboxylic acids is 2. The van der Waals surface area contributed by atoms with Crippen molar-refractivity contribution in [2.45, 2.75) is 32.5 Å². The molecule has 0 bridgehead atoms. The molecule has 0 aromatic rings. The zero-order valence-electron chi connectivity index (χ0n) is 9.35. The van der Waals surface area contributed by atoms with Gasteiger partial charge in [0, 0.05) is 11.1 Å². The molecule has 2 N–H and O–H groups in total. The van der Waals surface area contributed by atoms with Crippen LogP contribution in [0.1, 0.15) is 20.8 Å². The predicted octanol–water partition coefficient (Wildman–Crippen LogP) is 1.21. The molecule has 1 aliphatic rings. The molecule has 0 radical (unpaired) electrons. The highest BCUT2D eigenvalue weighted by Gasteiger charge is 2.50. The molecule has 0 aliphatic carbocycles. The van der Waals surface area contributed by atoms with Crippen molar-refractivity contribution in [2.75, 3.05) is 0 Å². The van der Waals surface area contributed by atoms with Gasteiger partial charge in [0.1, 0.15) is 5.60 Å². The molecule has 1 atom stereocenters. The summed E-state index contributed by atoms with van der Waals surface area (Å²) >= 11 is 0. The molecule has 1 fully saturated rings. The highest BCUT2D eigenvalue weighted by Crippen LogP contribution is 2.40. The van der Waals surface area contributed by atoms with Crippen LogP contribution >= 0.6 is 0 Å². The Hall–Kier alpha value is -1.62. The maximum Gasteiger partial charge on any atom is 0.331 e. The summed E-state index contributed by atoms with van der Waals surface area (Å²) in [5.74, 6) is -2.08. The molecule has 0 aromatic carbocycles. The van der Waals surface area contributed by atoms with Gasteiger partial charge in [0.25, 0.3) is 0 Å². The van der Waals surface area contributed by atoms with Crippen molar-refractivity contribution in [3.8, 4) is 0 Å². The van der Waals surface area contributed by atoms with Crippen LogP contribution in [0.5, 0.6) is 0 Å². The molecular formula is C11H14O5. The second-order valence-electron chi connectivity index (χ2n) is 3.88. The first kappa shape index (κ1) is 12.4. The van der Waals surface area contributed by atoms with E-state index in [0.717, 1.165) is 0 Å². The molecule has 16 heavy (non-hydrogen) atoms. The highest BCUT2D eigenvalue weighted by molar-refractivity contribution is 5.87. The standard InChI is InChI=1S/C11H14O5/c1-6(9(12)13)4-11(8(3)16-11)5-7(2)10(14)15/h4-5,8H,1-3H3,(H,12,13)(H,14,15). The first-order chi connectivity index (χ1) is 7.28. The van der Waals surface area contributed by atoms with E-state index in [1.54, 1.807) is 6.92 Å². The van der Waals surface area contributed by atoms with Gasteiger partial charge in [0.05, 0.1) is 6.10 Å². The molecule has 5 heteroatoms. The Morgan fingerprint density at radius 3 is 1.62 bits per heavy atom. The van der Waals surface area contributed by atoms with E-state index in [-0.39, 0.29) is 17.3 Å². The largest absolute Gasteiger partial charge is 0.478 e. The number of hydrogen-bond donors (Lipinski definition) is 2. The van der Waals surface area contributed by atoms with Gasteiger partial charge in [-0.25, -0.2) is 9.59 Å². The van der Waals surface area contributed by atoms with Gasteiger partial charge >= 0.3 is 11.9 Å². The molecule has 88 valence electrons. The number of carboxylic acids is 2. The van der Waals surface area contributed by atoms with Gasteiger partial charge in [0.15, 0.2) is 0 Å². The van der Waals surface area contributed by atoms with Crippen molar-refractivity contribution in [2.24, 2.45) is 0 Å². The zero-order chi connectivity index (χ0) is 12.5. The van der Waals surface area contributed by atoms with E-state index in [9.17, 15) is 9.59 Å². The Bertz CT molecular complexity index is 361. The topological polar surface area (TPSA) is 87.1 Å². The third-order valence-electron chi connectivity index (χ3n) is 2.52. The van der Waals surface area contributed by atoms with E-state index in [1.807, 2.05) is 0 Å². The fourth-order valence-electron chi connectivity index (χ4n) is 1.42. The summed E-state index contributed by atoms with van der Waals surface area (Å²) in [5, 5.41) is 17.5. The van der Waals surface area contributed by atoms with E-state index in [0.29, 0.717) is 0 Å². The summed E-state index contributed by atoms with van der Waals surface area (Å²) < 4.78 is 5.27. The first-order valence-corrected chi connectivity index (χ1v) is 4.82. The van der Waals surface area contributed by atoms with Crippen LogP contribution in [0, 0.1) is 0 Å². The van der Waals surface area contributed by atoms with Crippen LogP contribution in [0.15, 0.2) is 23.3 Å². The second-order valence-corrected chi connectivity index (χ2v) is 3.88. The predicted molar refractivity (Wildman–Crippen MR) is 56.1 cm³/mol. The monoisotopic (exact) mass is 226 g/mol. The molecule has 1 aliphatic heterocycles. The number of epoxide rings is 1. The maximum atomic E-state index is 10.7. The number of rotatable bonds is 4. The zero-order valence-corrected chi connectivity index (χ0v) is 9.35. The number of carboxylic acid groups (broad SMARTS) is 2. The summed E-state index contributed by atoms with van der Waals surface area (Å²) in [6.07, 6.45) is 2.68. The van der Waals surface area contributed by atoms with Crippen molar-refractivity contribution in [3.05, 3.63) is 23.3 Å². The molecule has 0 saturated carbocycles. The summed E-state index contributed by atoms with van der Waals surface area (Å²) in [5.41, 5.74) is -0.595. The lowest BCUT2D eigenvalue weighted by molar-refractivity contribution is -0.133. The molecule has 1 rings (SSSR count). The minimum Gasteiger partial charge on any atom is -0.478 e. The van der Waals surface area contributed by atoms with Crippen molar-refractivity contribution in [1.29, 1.82) is 0 Å². The van der Waals surface area contributed by atoms with Crippen LogP contribution < -0.4 is 0 Å². The summed E-state index contributed by atoms with van der Waals surface area (Å²) in [6, 6.07) is 0. The Labute approximate surface area is 93.0 Å². The lowest BCUT2D eigenvalue weighted by Crippen LogP contribution is -2.12. The van der Waals surface area contributed by atoms with Gasteiger partial charge in [0.2, 0.25) is 0 Å². The summed E-state index contributed by atoms with van der Waals surface area (Å²) in [6.45, 7) is 4.65. The number of hydrogen-bond acceptors (Lipinski definition) is 3. The number of ether oxygens (including phenoxy) is 1. The van der Waals surface area contributed by atoms with Gasteiger partial charge in [-0.3, -0.25) is 0 Å². The van der Waals surface area contributed by atoms with Gasteiger partial charge in [-0.1, -0.05) is 0 Å². The highest BCUT2D eigenvalue weighted by atomic mass is 16.6. The molecule has 1 unspecified atom stereocenters. The van der Waals surface area contributed by atoms with E-state index >= 15 is 0 Å². The summed E-state index contributed by atoms with van der Waals surface area (Å²) in [4.78, 5) is 21.3. The van der Waals surface area contributed by atoms with Crippen LogP contribution in [0.25, 0.3) is 0 Å². The molecule has 0 amide bonds. The first-order valence-electron chi connectivity index (χ1n) is 4.82. The molecule has 0 spiro atoms. The Balaban J connectivity index is 2.98. The third kappa shape index (κ3) is 2.49. The smallest absolute Gasteiger partial charge is 0.331 e. The Kier molecular flexibility index (Phi) is 3.19. The van der Waals surface area contributed by atoms with Crippen LogP contribution in [0.3, 0.4) is 0 Å². The molecule has 0 aromatic heterocycles. The number of carbonyl (C=O) groups is 2. The van der Waals surface area contributed by atoms with Crippen LogP contribution in [0.2, 0.25) is 0 Å². The Morgan fingerprint density at radius 1 is 1.12 bits per heavy atom. The minimum absolute atomic E-state index is 0.138. The molecule has 5 nitrogen and oxygen atoms in total. The van der Waals surface area contributed by atoms with E-state index in [1.165, 1.54) is 26.0 Å². The van der Waals surface area contributed by atoms with E-state index < -0.39 is 17.5 Å². The minimum atomic E-state index is -1.04. The van der Waals surface area contributed by atoms with Crippen molar-refractivity contribution in [3.63, 3.8) is 0 Å². The lowest BCUT2D eigenvalue weighted by Gasteiger charge is -2.03. The lowest BCUT2D eigenvalue weighted by atomic mass is 9.99. The SMILES string of the molecule is CC(=CC1(C=C(C)C(=O)O)OC1C)C(=O)O. The van der Waals surface area contributed by atoms with Gasteiger partial charge in [-0.2, -0.15) is 0 Å². The third-order valence-corrected chi connectivity index (χ3v) is 2.52. The van der Waals surface area contributed by atoms with Gasteiger partial charge in [-0.15, -0.1) is 0 Å². The Morgan fingerprint density at radius 2 is 1.44 bits per heavy atom.